The lowest BCUT2D eigenvalue weighted by Gasteiger charge is -1.92. The van der Waals surface area contributed by atoms with Crippen molar-refractivity contribution < 1.29 is 8.78 Å². The van der Waals surface area contributed by atoms with Gasteiger partial charge in [0.25, 0.3) is 0 Å². The average molecular weight is 152 g/mol. The molecule has 0 aliphatic rings. The van der Waals surface area contributed by atoms with E-state index < -0.39 is 11.6 Å². The van der Waals surface area contributed by atoms with E-state index in [1.807, 2.05) is 0 Å². The summed E-state index contributed by atoms with van der Waals surface area (Å²) in [7, 11) is 0. The Bertz CT molecular complexity index is 318. The van der Waals surface area contributed by atoms with Gasteiger partial charge in [0.1, 0.15) is 11.6 Å². The maximum atomic E-state index is 12.7. The Kier molecular flexibility index (Phi) is 2.22. The van der Waals surface area contributed by atoms with Crippen LogP contribution in [0.2, 0.25) is 0 Å². The third kappa shape index (κ3) is 1.78. The van der Waals surface area contributed by atoms with Gasteiger partial charge in [-0.05, 0) is 19.1 Å². The van der Waals surface area contributed by atoms with Crippen molar-refractivity contribution in [3.8, 4) is 11.8 Å². The molecule has 0 heterocycles. The quantitative estimate of drug-likeness (QED) is 0.500. The summed E-state index contributed by atoms with van der Waals surface area (Å²) in [5, 5.41) is 0. The first-order valence-electron chi connectivity index (χ1n) is 3.12. The monoisotopic (exact) mass is 152 g/mol. The lowest BCUT2D eigenvalue weighted by molar-refractivity contribution is 0.581. The lowest BCUT2D eigenvalue weighted by Crippen LogP contribution is -1.84. The summed E-state index contributed by atoms with van der Waals surface area (Å²) in [5.41, 5.74) is 0.230. The highest BCUT2D eigenvalue weighted by Gasteiger charge is 1.98. The third-order valence-corrected chi connectivity index (χ3v) is 1.19. The van der Waals surface area contributed by atoms with Gasteiger partial charge in [-0.1, -0.05) is 5.92 Å². The van der Waals surface area contributed by atoms with Gasteiger partial charge in [-0.2, -0.15) is 0 Å². The molecule has 0 aromatic heterocycles. The van der Waals surface area contributed by atoms with Crippen LogP contribution in [0.1, 0.15) is 12.5 Å². The molecule has 0 fully saturated rings. The molecule has 0 amide bonds. The predicted octanol–water partition coefficient (Wildman–Crippen LogP) is 2.34. The van der Waals surface area contributed by atoms with E-state index in [1.165, 1.54) is 12.1 Å². The first-order chi connectivity index (χ1) is 5.24. The minimum absolute atomic E-state index is 0.230. The van der Waals surface area contributed by atoms with Crippen molar-refractivity contribution in [1.29, 1.82) is 0 Å². The maximum Gasteiger partial charge on any atom is 0.141 e. The van der Waals surface area contributed by atoms with Crippen LogP contribution in [0, 0.1) is 23.5 Å². The number of rotatable bonds is 0. The molecule has 0 unspecified atom stereocenters. The Labute approximate surface area is 63.9 Å². The zero-order valence-corrected chi connectivity index (χ0v) is 5.99. The lowest BCUT2D eigenvalue weighted by atomic mass is 10.2. The Morgan fingerprint density at radius 1 is 1.27 bits per heavy atom. The summed E-state index contributed by atoms with van der Waals surface area (Å²) in [6.45, 7) is 1.60. The topological polar surface area (TPSA) is 0 Å². The van der Waals surface area contributed by atoms with Crippen LogP contribution < -0.4 is 0 Å². The Morgan fingerprint density at radius 2 is 2.00 bits per heavy atom. The number of benzene rings is 1. The molecule has 0 nitrogen and oxygen atoms in total. The van der Waals surface area contributed by atoms with Gasteiger partial charge in [0, 0.05) is 6.07 Å². The summed E-state index contributed by atoms with van der Waals surface area (Å²) in [6.07, 6.45) is 0. The number of halogens is 2. The van der Waals surface area contributed by atoms with Gasteiger partial charge < -0.3 is 0 Å². The predicted molar refractivity (Wildman–Crippen MR) is 38.9 cm³/mol. The molecule has 56 valence electrons. The fourth-order valence-electron chi connectivity index (χ4n) is 0.726. The molecule has 1 aromatic rings. The average Bonchev–Trinajstić information content (AvgIpc) is 1.95. The largest absolute Gasteiger partial charge is 0.207 e. The molecule has 0 atom stereocenters. The molecule has 0 radical (unpaired) electrons. The van der Waals surface area contributed by atoms with Crippen LogP contribution in [0.15, 0.2) is 18.2 Å². The molecule has 1 aromatic carbocycles. The zero-order chi connectivity index (χ0) is 8.27. The van der Waals surface area contributed by atoms with Crippen molar-refractivity contribution in [3.05, 3.63) is 35.4 Å². The molecule has 2 heteroatoms. The van der Waals surface area contributed by atoms with Crippen LogP contribution in [0.3, 0.4) is 0 Å². The second kappa shape index (κ2) is 3.16. The van der Waals surface area contributed by atoms with Crippen LogP contribution >= 0.6 is 0 Å². The highest BCUT2D eigenvalue weighted by molar-refractivity contribution is 5.34. The zero-order valence-electron chi connectivity index (χ0n) is 5.99. The highest BCUT2D eigenvalue weighted by Crippen LogP contribution is 2.07. The van der Waals surface area contributed by atoms with Crippen molar-refractivity contribution in [1.82, 2.24) is 0 Å². The van der Waals surface area contributed by atoms with Gasteiger partial charge in [0.05, 0.1) is 5.56 Å². The summed E-state index contributed by atoms with van der Waals surface area (Å²) in [5.74, 6) is 3.85. The van der Waals surface area contributed by atoms with Gasteiger partial charge in [0.2, 0.25) is 0 Å². The van der Waals surface area contributed by atoms with E-state index >= 15 is 0 Å². The van der Waals surface area contributed by atoms with Crippen LogP contribution in [0.25, 0.3) is 0 Å². The van der Waals surface area contributed by atoms with Gasteiger partial charge in [-0.15, -0.1) is 5.92 Å². The van der Waals surface area contributed by atoms with Crippen molar-refractivity contribution >= 4 is 0 Å². The fourth-order valence-corrected chi connectivity index (χ4v) is 0.726. The summed E-state index contributed by atoms with van der Waals surface area (Å²) in [6, 6.07) is 3.32. The molecule has 0 saturated carbocycles. The van der Waals surface area contributed by atoms with Crippen molar-refractivity contribution in [2.75, 3.05) is 0 Å². The molecule has 1 rings (SSSR count). The van der Waals surface area contributed by atoms with Crippen LogP contribution in [0.4, 0.5) is 8.78 Å². The first kappa shape index (κ1) is 7.74. The van der Waals surface area contributed by atoms with Crippen LogP contribution in [-0.4, -0.2) is 0 Å². The van der Waals surface area contributed by atoms with E-state index in [0.29, 0.717) is 0 Å². The number of hydrogen-bond donors (Lipinski definition) is 0. The third-order valence-electron chi connectivity index (χ3n) is 1.19. The van der Waals surface area contributed by atoms with E-state index in [1.54, 1.807) is 6.92 Å². The minimum Gasteiger partial charge on any atom is -0.207 e. The molecular formula is C9H6F2. The maximum absolute atomic E-state index is 12.7. The molecule has 0 N–H and O–H groups in total. The molecule has 11 heavy (non-hydrogen) atoms. The fraction of sp³-hybridized carbons (Fsp3) is 0.111. The number of hydrogen-bond acceptors (Lipinski definition) is 0. The Balaban J connectivity index is 3.16. The molecule has 0 saturated heterocycles. The second-order valence-corrected chi connectivity index (χ2v) is 2.00. The van der Waals surface area contributed by atoms with Crippen molar-refractivity contribution in [2.45, 2.75) is 6.92 Å². The van der Waals surface area contributed by atoms with Crippen LogP contribution in [-0.2, 0) is 0 Å². The molecule has 0 aliphatic carbocycles. The van der Waals surface area contributed by atoms with Gasteiger partial charge in [-0.3, -0.25) is 0 Å². The standard InChI is InChI=1S/C9H6F2/c1-2-3-7-4-5-8(10)6-9(7)11/h4-6H,1H3. The van der Waals surface area contributed by atoms with Crippen molar-refractivity contribution in [3.63, 3.8) is 0 Å². The van der Waals surface area contributed by atoms with Crippen LogP contribution in [0.5, 0.6) is 0 Å². The first-order valence-corrected chi connectivity index (χ1v) is 3.12. The SMILES string of the molecule is CC#Cc1ccc(F)cc1F. The smallest absolute Gasteiger partial charge is 0.141 e. The highest BCUT2D eigenvalue weighted by atomic mass is 19.1. The molecular weight excluding hydrogens is 146 g/mol. The summed E-state index contributed by atoms with van der Waals surface area (Å²) in [4.78, 5) is 0. The second-order valence-electron chi connectivity index (χ2n) is 2.00. The molecule has 0 aliphatic heterocycles. The molecule has 0 bridgehead atoms. The molecule has 0 spiro atoms. The Hall–Kier alpha value is -1.36. The van der Waals surface area contributed by atoms with Crippen molar-refractivity contribution in [2.24, 2.45) is 0 Å². The summed E-state index contributed by atoms with van der Waals surface area (Å²) >= 11 is 0. The summed E-state index contributed by atoms with van der Waals surface area (Å²) < 4.78 is 25.0. The van der Waals surface area contributed by atoms with Gasteiger partial charge in [-0.25, -0.2) is 8.78 Å². The van der Waals surface area contributed by atoms with E-state index in [4.69, 9.17) is 0 Å². The van der Waals surface area contributed by atoms with E-state index in [2.05, 4.69) is 11.8 Å². The minimum atomic E-state index is -0.612. The van der Waals surface area contributed by atoms with E-state index in [-0.39, 0.29) is 5.56 Å². The van der Waals surface area contributed by atoms with E-state index in [9.17, 15) is 8.78 Å². The normalized spacial score (nSPS) is 8.64. The van der Waals surface area contributed by atoms with E-state index in [0.717, 1.165) is 6.07 Å². The van der Waals surface area contributed by atoms with Gasteiger partial charge >= 0.3 is 0 Å². The Morgan fingerprint density at radius 3 is 2.55 bits per heavy atom. The van der Waals surface area contributed by atoms with Gasteiger partial charge in [0.15, 0.2) is 0 Å².